The smallest absolute Gasteiger partial charge is 0.190 e. The molecule has 0 fully saturated rings. The minimum atomic E-state index is -0.345. The Morgan fingerprint density at radius 3 is 2.25 bits per heavy atom. The molecule has 0 saturated heterocycles. The van der Waals surface area contributed by atoms with E-state index in [1.807, 2.05) is 0 Å². The number of hydrogen-bond acceptors (Lipinski definition) is 6. The molecule has 0 aromatic heterocycles. The predicted molar refractivity (Wildman–Crippen MR) is 89.7 cm³/mol. The zero-order valence-corrected chi connectivity index (χ0v) is 14.3. The summed E-state index contributed by atoms with van der Waals surface area (Å²) in [7, 11) is 2.84. The highest BCUT2D eigenvalue weighted by Crippen LogP contribution is 2.38. The number of hydrogen-bond donors (Lipinski definition) is 1. The van der Waals surface area contributed by atoms with Gasteiger partial charge in [0.2, 0.25) is 0 Å². The van der Waals surface area contributed by atoms with E-state index in [1.165, 1.54) is 26.4 Å². The largest absolute Gasteiger partial charge is 0.496 e. The molecule has 0 amide bonds. The quantitative estimate of drug-likeness (QED) is 0.491. The lowest BCUT2D eigenvalue weighted by Gasteiger charge is -2.20. The first-order valence-electron chi connectivity index (χ1n) is 7.71. The van der Waals surface area contributed by atoms with Gasteiger partial charge in [0.05, 0.1) is 31.1 Å². The van der Waals surface area contributed by atoms with E-state index >= 15 is 0 Å². The number of carbonyl (C=O) groups excluding carboxylic acids is 2. The first kappa shape index (κ1) is 17.7. The molecule has 24 heavy (non-hydrogen) atoms. The van der Waals surface area contributed by atoms with Gasteiger partial charge in [-0.2, -0.15) is 0 Å². The van der Waals surface area contributed by atoms with Gasteiger partial charge in [-0.1, -0.05) is 19.0 Å². The van der Waals surface area contributed by atoms with Crippen molar-refractivity contribution in [3.05, 3.63) is 34.9 Å². The fourth-order valence-corrected chi connectivity index (χ4v) is 2.69. The van der Waals surface area contributed by atoms with Crippen molar-refractivity contribution in [1.82, 2.24) is 0 Å². The van der Waals surface area contributed by atoms with Gasteiger partial charge in [0.15, 0.2) is 11.6 Å². The van der Waals surface area contributed by atoms with E-state index in [4.69, 9.17) is 9.47 Å². The minimum Gasteiger partial charge on any atom is -0.496 e. The third-order valence-corrected chi connectivity index (χ3v) is 3.94. The van der Waals surface area contributed by atoms with Crippen molar-refractivity contribution in [3.63, 3.8) is 0 Å². The van der Waals surface area contributed by atoms with Crippen molar-refractivity contribution in [2.75, 3.05) is 14.2 Å². The number of carbonyl (C=O) groups is 2. The summed E-state index contributed by atoms with van der Waals surface area (Å²) < 4.78 is 10.7. The lowest BCUT2D eigenvalue weighted by Crippen LogP contribution is -2.18. The standard InChI is InChI=1S/C18H21NO5/c1-10(2)5-6-12(19-22)11-9-15(23-3)16-13(20)7-8-14(21)17(16)18(11)24-4/h7-10,22H,5-6H2,1-4H3. The molecule has 1 aromatic carbocycles. The number of rotatable bonds is 6. The van der Waals surface area contributed by atoms with Crippen LogP contribution in [0.5, 0.6) is 11.5 Å². The second kappa shape index (κ2) is 7.29. The number of nitrogens with zero attached hydrogens (tertiary/aromatic N) is 1. The van der Waals surface area contributed by atoms with Crippen LogP contribution in [0.4, 0.5) is 0 Å². The minimum absolute atomic E-state index is 0.144. The molecule has 6 nitrogen and oxygen atoms in total. The molecule has 2 rings (SSSR count). The number of benzene rings is 1. The molecule has 0 spiro atoms. The fourth-order valence-electron chi connectivity index (χ4n) is 2.69. The number of allylic oxidation sites excluding steroid dienone is 2. The number of ketones is 2. The molecular formula is C18H21NO5. The zero-order chi connectivity index (χ0) is 17.9. The molecule has 6 heteroatoms. The fraction of sp³-hybridized carbons (Fsp3) is 0.389. The van der Waals surface area contributed by atoms with E-state index in [1.54, 1.807) is 6.07 Å². The van der Waals surface area contributed by atoms with Gasteiger partial charge in [-0.25, -0.2) is 0 Å². The zero-order valence-electron chi connectivity index (χ0n) is 14.3. The van der Waals surface area contributed by atoms with Gasteiger partial charge in [0.1, 0.15) is 11.5 Å². The molecule has 0 radical (unpaired) electrons. The van der Waals surface area contributed by atoms with Crippen LogP contribution in [-0.4, -0.2) is 36.7 Å². The number of oxime groups is 1. The van der Waals surface area contributed by atoms with Crippen molar-refractivity contribution >= 4 is 17.3 Å². The second-order valence-electron chi connectivity index (χ2n) is 5.95. The number of ether oxygens (including phenoxy) is 2. The molecule has 0 atom stereocenters. The lowest BCUT2D eigenvalue weighted by molar-refractivity contribution is 0.0989. The van der Waals surface area contributed by atoms with Crippen LogP contribution in [0.1, 0.15) is 53.0 Å². The van der Waals surface area contributed by atoms with Gasteiger partial charge < -0.3 is 14.7 Å². The average Bonchev–Trinajstić information content (AvgIpc) is 2.57. The summed E-state index contributed by atoms with van der Waals surface area (Å²) in [6.45, 7) is 4.12. The molecule has 0 saturated carbocycles. The van der Waals surface area contributed by atoms with Crippen LogP contribution in [0.3, 0.4) is 0 Å². The summed E-state index contributed by atoms with van der Waals surface area (Å²) in [4.78, 5) is 24.5. The van der Waals surface area contributed by atoms with Gasteiger partial charge >= 0.3 is 0 Å². The molecule has 0 aliphatic heterocycles. The summed E-state index contributed by atoms with van der Waals surface area (Å²) in [6, 6.07) is 1.58. The van der Waals surface area contributed by atoms with E-state index in [0.717, 1.165) is 6.42 Å². The van der Waals surface area contributed by atoms with Crippen LogP contribution in [0.15, 0.2) is 23.4 Å². The van der Waals surface area contributed by atoms with Crippen LogP contribution in [-0.2, 0) is 0 Å². The van der Waals surface area contributed by atoms with Gasteiger partial charge in [-0.05, 0) is 37.0 Å². The third kappa shape index (κ3) is 3.18. The highest BCUT2D eigenvalue weighted by Gasteiger charge is 2.31. The predicted octanol–water partition coefficient (Wildman–Crippen LogP) is 3.25. The molecule has 1 aliphatic carbocycles. The molecule has 0 heterocycles. The van der Waals surface area contributed by atoms with E-state index in [-0.39, 0.29) is 34.2 Å². The Morgan fingerprint density at radius 2 is 1.75 bits per heavy atom. The van der Waals surface area contributed by atoms with E-state index < -0.39 is 0 Å². The highest BCUT2D eigenvalue weighted by molar-refractivity contribution is 6.25. The Bertz CT molecular complexity index is 731. The van der Waals surface area contributed by atoms with E-state index in [0.29, 0.717) is 23.6 Å². The summed E-state index contributed by atoms with van der Waals surface area (Å²) >= 11 is 0. The SMILES string of the molecule is COc1cc(C(CCC(C)C)=NO)c(OC)c2c1C(=O)C=CC2=O. The Balaban J connectivity index is 2.68. The first-order chi connectivity index (χ1) is 11.4. The Morgan fingerprint density at radius 1 is 1.12 bits per heavy atom. The molecule has 1 N–H and O–H groups in total. The van der Waals surface area contributed by atoms with Crippen molar-refractivity contribution in [3.8, 4) is 11.5 Å². The van der Waals surface area contributed by atoms with Crippen molar-refractivity contribution in [2.24, 2.45) is 11.1 Å². The highest BCUT2D eigenvalue weighted by atomic mass is 16.5. The summed E-state index contributed by atoms with van der Waals surface area (Å²) in [5.41, 5.74) is 1.15. The van der Waals surface area contributed by atoms with Crippen LogP contribution in [0, 0.1) is 5.92 Å². The number of fused-ring (bicyclic) bond motifs is 1. The van der Waals surface area contributed by atoms with Gasteiger partial charge in [-0.15, -0.1) is 0 Å². The average molecular weight is 331 g/mol. The van der Waals surface area contributed by atoms with Gasteiger partial charge in [0.25, 0.3) is 0 Å². The molecule has 0 unspecified atom stereocenters. The maximum atomic E-state index is 12.3. The second-order valence-corrected chi connectivity index (χ2v) is 5.95. The molecule has 1 aromatic rings. The van der Waals surface area contributed by atoms with Crippen molar-refractivity contribution in [2.45, 2.75) is 26.7 Å². The first-order valence-corrected chi connectivity index (χ1v) is 7.71. The summed E-state index contributed by atoms with van der Waals surface area (Å²) in [5, 5.41) is 12.8. The van der Waals surface area contributed by atoms with Crippen LogP contribution < -0.4 is 9.47 Å². The Hall–Kier alpha value is -2.63. The molecule has 128 valence electrons. The van der Waals surface area contributed by atoms with Crippen LogP contribution in [0.25, 0.3) is 0 Å². The topological polar surface area (TPSA) is 85.2 Å². The molecule has 0 bridgehead atoms. The van der Waals surface area contributed by atoms with Crippen molar-refractivity contribution in [1.29, 1.82) is 0 Å². The van der Waals surface area contributed by atoms with Gasteiger partial charge in [-0.3, -0.25) is 9.59 Å². The van der Waals surface area contributed by atoms with Crippen LogP contribution in [0.2, 0.25) is 0 Å². The lowest BCUT2D eigenvalue weighted by atomic mass is 9.88. The van der Waals surface area contributed by atoms with E-state index in [2.05, 4.69) is 19.0 Å². The maximum absolute atomic E-state index is 12.3. The number of methoxy groups -OCH3 is 2. The third-order valence-electron chi connectivity index (χ3n) is 3.94. The van der Waals surface area contributed by atoms with Crippen molar-refractivity contribution < 1.29 is 24.3 Å². The normalized spacial score (nSPS) is 14.1. The monoisotopic (exact) mass is 331 g/mol. The Kier molecular flexibility index (Phi) is 5.39. The van der Waals surface area contributed by atoms with E-state index in [9.17, 15) is 14.8 Å². The Labute approximate surface area is 140 Å². The summed E-state index contributed by atoms with van der Waals surface area (Å²) in [6.07, 6.45) is 3.73. The summed E-state index contributed by atoms with van der Waals surface area (Å²) in [5.74, 6) is 0.233. The van der Waals surface area contributed by atoms with Crippen LogP contribution >= 0.6 is 0 Å². The van der Waals surface area contributed by atoms with Gasteiger partial charge in [0, 0.05) is 5.56 Å². The molecular weight excluding hydrogens is 310 g/mol. The molecule has 1 aliphatic rings. The maximum Gasteiger partial charge on any atom is 0.190 e.